The molecule has 2 N–H and O–H groups in total. The molecule has 108 valence electrons. The Kier molecular flexibility index (Phi) is 4.06. The van der Waals surface area contributed by atoms with E-state index >= 15 is 0 Å². The molecule has 1 saturated heterocycles. The van der Waals surface area contributed by atoms with Crippen LogP contribution in [0.15, 0.2) is 54.6 Å². The van der Waals surface area contributed by atoms with Crippen molar-refractivity contribution in [3.8, 4) is 0 Å². The van der Waals surface area contributed by atoms with Gasteiger partial charge < -0.3 is 15.5 Å². The molecule has 1 fully saturated rings. The van der Waals surface area contributed by atoms with Crippen molar-refractivity contribution in [3.05, 3.63) is 60.2 Å². The maximum atomic E-state index is 5.64. The van der Waals surface area contributed by atoms with Gasteiger partial charge in [0.1, 0.15) is 4.99 Å². The first kappa shape index (κ1) is 13.9. The molecule has 0 aliphatic carbocycles. The summed E-state index contributed by atoms with van der Waals surface area (Å²) >= 11 is 4.99. The van der Waals surface area contributed by atoms with Crippen LogP contribution in [0.5, 0.6) is 0 Å². The number of anilines is 2. The van der Waals surface area contributed by atoms with Gasteiger partial charge in [0.25, 0.3) is 0 Å². The minimum atomic E-state index is 0.454. The number of nitrogens with two attached hydrogens (primary N) is 1. The number of nitrogens with zero attached hydrogens (tertiary/aromatic N) is 2. The summed E-state index contributed by atoms with van der Waals surface area (Å²) in [6, 6.07) is 18.8. The SMILES string of the molecule is NC(=S)c1ccc(N2CCN(c3ccccc3)CC2)cc1. The van der Waals surface area contributed by atoms with Gasteiger partial charge >= 0.3 is 0 Å². The van der Waals surface area contributed by atoms with Crippen LogP contribution in [-0.2, 0) is 0 Å². The third-order valence-electron chi connectivity index (χ3n) is 3.92. The van der Waals surface area contributed by atoms with Crippen LogP contribution < -0.4 is 15.5 Å². The second kappa shape index (κ2) is 6.14. The van der Waals surface area contributed by atoms with E-state index in [4.69, 9.17) is 18.0 Å². The van der Waals surface area contributed by atoms with Gasteiger partial charge in [0.2, 0.25) is 0 Å². The number of piperazine rings is 1. The van der Waals surface area contributed by atoms with Crippen LogP contribution in [0.25, 0.3) is 0 Å². The molecule has 0 radical (unpaired) electrons. The van der Waals surface area contributed by atoms with Crippen LogP contribution in [0.1, 0.15) is 5.56 Å². The molecule has 1 aliphatic heterocycles. The third-order valence-corrected chi connectivity index (χ3v) is 4.15. The lowest BCUT2D eigenvalue weighted by Crippen LogP contribution is -2.46. The summed E-state index contributed by atoms with van der Waals surface area (Å²) in [4.78, 5) is 5.29. The smallest absolute Gasteiger partial charge is 0.103 e. The quantitative estimate of drug-likeness (QED) is 0.883. The number of benzene rings is 2. The summed E-state index contributed by atoms with van der Waals surface area (Å²) in [5.41, 5.74) is 9.11. The summed E-state index contributed by atoms with van der Waals surface area (Å²) in [6.45, 7) is 4.14. The van der Waals surface area contributed by atoms with Crippen LogP contribution >= 0.6 is 12.2 Å². The zero-order valence-electron chi connectivity index (χ0n) is 11.9. The molecule has 0 amide bonds. The lowest BCUT2D eigenvalue weighted by atomic mass is 10.1. The monoisotopic (exact) mass is 297 g/mol. The fourth-order valence-corrected chi connectivity index (χ4v) is 2.83. The lowest BCUT2D eigenvalue weighted by molar-refractivity contribution is 0.653. The van der Waals surface area contributed by atoms with Crippen molar-refractivity contribution in [2.24, 2.45) is 5.73 Å². The van der Waals surface area contributed by atoms with Gasteiger partial charge in [0, 0.05) is 43.1 Å². The number of hydrogen-bond donors (Lipinski definition) is 1. The van der Waals surface area contributed by atoms with Gasteiger partial charge in [0.05, 0.1) is 0 Å². The van der Waals surface area contributed by atoms with E-state index in [0.29, 0.717) is 4.99 Å². The first-order valence-corrected chi connectivity index (χ1v) is 7.60. The van der Waals surface area contributed by atoms with E-state index in [2.05, 4.69) is 52.3 Å². The average molecular weight is 297 g/mol. The molecule has 0 bridgehead atoms. The third kappa shape index (κ3) is 3.16. The van der Waals surface area contributed by atoms with E-state index in [-0.39, 0.29) is 0 Å². The minimum absolute atomic E-state index is 0.454. The number of para-hydroxylation sites is 1. The van der Waals surface area contributed by atoms with Gasteiger partial charge in [-0.15, -0.1) is 0 Å². The van der Waals surface area contributed by atoms with Gasteiger partial charge in [-0.2, -0.15) is 0 Å². The van der Waals surface area contributed by atoms with Crippen molar-refractivity contribution in [1.29, 1.82) is 0 Å². The molecule has 1 heterocycles. The summed E-state index contributed by atoms with van der Waals surface area (Å²) in [5.74, 6) is 0. The zero-order valence-corrected chi connectivity index (χ0v) is 12.7. The first-order chi connectivity index (χ1) is 10.2. The predicted molar refractivity (Wildman–Crippen MR) is 93.2 cm³/mol. The Labute approximate surface area is 131 Å². The molecule has 2 aromatic rings. The average Bonchev–Trinajstić information content (AvgIpc) is 2.56. The highest BCUT2D eigenvalue weighted by Gasteiger charge is 2.17. The largest absolute Gasteiger partial charge is 0.389 e. The Balaban J connectivity index is 1.64. The molecule has 3 nitrogen and oxygen atoms in total. The molecule has 0 aromatic heterocycles. The van der Waals surface area contributed by atoms with Crippen LogP contribution in [0.2, 0.25) is 0 Å². The standard InChI is InChI=1S/C17H19N3S/c18-17(21)14-6-8-16(9-7-14)20-12-10-19(11-13-20)15-4-2-1-3-5-15/h1-9H,10-13H2,(H2,18,21). The Hall–Kier alpha value is -2.07. The number of hydrogen-bond acceptors (Lipinski definition) is 3. The molecule has 2 aromatic carbocycles. The van der Waals surface area contributed by atoms with Crippen LogP contribution in [-0.4, -0.2) is 31.2 Å². The van der Waals surface area contributed by atoms with E-state index in [1.165, 1.54) is 11.4 Å². The van der Waals surface area contributed by atoms with E-state index in [9.17, 15) is 0 Å². The van der Waals surface area contributed by atoms with Crippen LogP contribution in [0.3, 0.4) is 0 Å². The molecular weight excluding hydrogens is 278 g/mol. The maximum absolute atomic E-state index is 5.64. The lowest BCUT2D eigenvalue weighted by Gasteiger charge is -2.37. The topological polar surface area (TPSA) is 32.5 Å². The molecule has 1 aliphatic rings. The Morgan fingerprint density at radius 1 is 0.762 bits per heavy atom. The fraction of sp³-hybridized carbons (Fsp3) is 0.235. The Morgan fingerprint density at radius 3 is 1.71 bits per heavy atom. The molecule has 0 saturated carbocycles. The maximum Gasteiger partial charge on any atom is 0.103 e. The normalized spacial score (nSPS) is 15.0. The van der Waals surface area contributed by atoms with Crippen LogP contribution in [0.4, 0.5) is 11.4 Å². The number of rotatable bonds is 3. The highest BCUT2D eigenvalue weighted by Crippen LogP contribution is 2.20. The van der Waals surface area contributed by atoms with Gasteiger partial charge in [-0.25, -0.2) is 0 Å². The van der Waals surface area contributed by atoms with E-state index in [1.807, 2.05) is 12.1 Å². The van der Waals surface area contributed by atoms with Crippen molar-refractivity contribution in [2.45, 2.75) is 0 Å². The predicted octanol–water partition coefficient (Wildman–Crippen LogP) is 2.65. The summed E-state index contributed by atoms with van der Waals surface area (Å²) in [7, 11) is 0. The fourth-order valence-electron chi connectivity index (χ4n) is 2.70. The van der Waals surface area contributed by atoms with E-state index < -0.39 is 0 Å². The second-order valence-electron chi connectivity index (χ2n) is 5.22. The first-order valence-electron chi connectivity index (χ1n) is 7.19. The van der Waals surface area contributed by atoms with Crippen molar-refractivity contribution in [1.82, 2.24) is 0 Å². The van der Waals surface area contributed by atoms with Gasteiger partial charge in [-0.05, 0) is 36.4 Å². The summed E-state index contributed by atoms with van der Waals surface area (Å²) in [6.07, 6.45) is 0. The Morgan fingerprint density at radius 2 is 1.24 bits per heavy atom. The van der Waals surface area contributed by atoms with Gasteiger partial charge in [0.15, 0.2) is 0 Å². The molecule has 21 heavy (non-hydrogen) atoms. The highest BCUT2D eigenvalue weighted by atomic mass is 32.1. The molecule has 4 heteroatoms. The number of thiocarbonyl (C=S) groups is 1. The summed E-state index contributed by atoms with van der Waals surface area (Å²) in [5, 5.41) is 0. The van der Waals surface area contributed by atoms with Gasteiger partial charge in [-0.1, -0.05) is 30.4 Å². The van der Waals surface area contributed by atoms with Gasteiger partial charge in [-0.3, -0.25) is 0 Å². The molecular formula is C17H19N3S. The molecule has 0 atom stereocenters. The highest BCUT2D eigenvalue weighted by molar-refractivity contribution is 7.80. The zero-order chi connectivity index (χ0) is 14.7. The minimum Gasteiger partial charge on any atom is -0.389 e. The molecule has 0 unspecified atom stereocenters. The van der Waals surface area contributed by atoms with E-state index in [0.717, 1.165) is 31.7 Å². The van der Waals surface area contributed by atoms with E-state index in [1.54, 1.807) is 0 Å². The molecule has 3 rings (SSSR count). The Bertz CT molecular complexity index is 602. The van der Waals surface area contributed by atoms with Crippen molar-refractivity contribution >= 4 is 28.6 Å². The van der Waals surface area contributed by atoms with Crippen LogP contribution in [0, 0.1) is 0 Å². The van der Waals surface area contributed by atoms with Crippen molar-refractivity contribution < 1.29 is 0 Å². The second-order valence-corrected chi connectivity index (χ2v) is 5.66. The summed E-state index contributed by atoms with van der Waals surface area (Å²) < 4.78 is 0. The van der Waals surface area contributed by atoms with Crippen molar-refractivity contribution in [2.75, 3.05) is 36.0 Å². The van der Waals surface area contributed by atoms with Crippen molar-refractivity contribution in [3.63, 3.8) is 0 Å². The molecule has 0 spiro atoms.